The zero-order chi connectivity index (χ0) is 43.6. The van der Waals surface area contributed by atoms with Crippen molar-refractivity contribution in [2.24, 2.45) is 0 Å². The molecule has 0 atom stereocenters. The smallest absolute Gasteiger partial charge is 0.496 e. The van der Waals surface area contributed by atoms with Crippen LogP contribution in [0, 0.1) is 13.8 Å². The lowest BCUT2D eigenvalue weighted by Crippen LogP contribution is -2.14. The highest BCUT2D eigenvalue weighted by molar-refractivity contribution is 5.92. The van der Waals surface area contributed by atoms with Crippen molar-refractivity contribution in [1.29, 1.82) is 0 Å². The molecule has 8 nitrogen and oxygen atoms in total. The largest absolute Gasteiger partial charge is 0.519 e. The Morgan fingerprint density at radius 2 is 0.952 bits per heavy atom. The summed E-state index contributed by atoms with van der Waals surface area (Å²) in [5.41, 5.74) is 11.0. The molecule has 0 aliphatic carbocycles. The fourth-order valence-electron chi connectivity index (χ4n) is 7.06. The summed E-state index contributed by atoms with van der Waals surface area (Å²) < 4.78 is 28.2. The second kappa shape index (κ2) is 19.7. The molecule has 7 aromatic rings. The van der Waals surface area contributed by atoms with E-state index >= 15 is 0 Å². The number of esters is 1. The normalized spacial score (nSPS) is 11.1. The molecule has 0 aliphatic rings. The maximum absolute atomic E-state index is 13.1. The predicted octanol–water partition coefficient (Wildman–Crippen LogP) is 13.8. The maximum Gasteiger partial charge on any atom is 0.519 e. The quantitative estimate of drug-likeness (QED) is 0.0464. The van der Waals surface area contributed by atoms with Crippen molar-refractivity contribution in [3.05, 3.63) is 197 Å². The van der Waals surface area contributed by atoms with Crippen molar-refractivity contribution in [3.63, 3.8) is 0 Å². The summed E-state index contributed by atoms with van der Waals surface area (Å²) in [6.07, 6.45) is 2.66. The zero-order valence-electron chi connectivity index (χ0n) is 35.8. The average molecular weight is 824 g/mol. The van der Waals surface area contributed by atoms with E-state index in [1.165, 1.54) is 18.1 Å². The Morgan fingerprint density at radius 1 is 0.516 bits per heavy atom. The summed E-state index contributed by atoms with van der Waals surface area (Å²) in [6.45, 7) is 9.59. The highest BCUT2D eigenvalue weighted by Crippen LogP contribution is 2.37. The van der Waals surface area contributed by atoms with Crippen molar-refractivity contribution in [1.82, 2.24) is 0 Å². The van der Waals surface area contributed by atoms with Crippen molar-refractivity contribution in [2.75, 3.05) is 12.0 Å². The fourth-order valence-corrected chi connectivity index (χ4v) is 7.06. The summed E-state index contributed by atoms with van der Waals surface area (Å²) in [4.78, 5) is 27.0. The van der Waals surface area contributed by atoms with Crippen LogP contribution in [-0.4, -0.2) is 19.2 Å². The summed E-state index contributed by atoms with van der Waals surface area (Å²) in [5, 5.41) is 0. The monoisotopic (exact) mass is 823 g/mol. The van der Waals surface area contributed by atoms with Crippen LogP contribution in [0.3, 0.4) is 0 Å². The van der Waals surface area contributed by atoms with E-state index in [4.69, 9.17) is 23.7 Å². The molecule has 0 heterocycles. The first-order valence-electron chi connectivity index (χ1n) is 20.6. The van der Waals surface area contributed by atoms with E-state index < -0.39 is 6.16 Å². The molecule has 0 aromatic heterocycles. The Hall–Kier alpha value is -7.58. The van der Waals surface area contributed by atoms with Gasteiger partial charge < -0.3 is 28.6 Å². The molecular weight excluding hydrogens is 775 g/mol. The van der Waals surface area contributed by atoms with E-state index in [1.54, 1.807) is 43.5 Å². The van der Waals surface area contributed by atoms with Crippen molar-refractivity contribution in [3.8, 4) is 34.5 Å². The molecule has 7 aromatic carbocycles. The molecule has 0 N–H and O–H groups in total. The van der Waals surface area contributed by atoms with E-state index in [9.17, 15) is 9.59 Å². The van der Waals surface area contributed by atoms with Crippen LogP contribution in [0.2, 0.25) is 0 Å². The second-order valence-electron chi connectivity index (χ2n) is 14.8. The minimum Gasteiger partial charge on any atom is -0.496 e. The third kappa shape index (κ3) is 10.6. The number of rotatable bonds is 14. The Bertz CT molecular complexity index is 2620. The van der Waals surface area contributed by atoms with Crippen molar-refractivity contribution < 1.29 is 33.3 Å². The molecule has 0 bridgehead atoms. The molecule has 8 heteroatoms. The maximum atomic E-state index is 13.1. The van der Waals surface area contributed by atoms with E-state index in [1.807, 2.05) is 55.5 Å². The van der Waals surface area contributed by atoms with Gasteiger partial charge in [0.25, 0.3) is 0 Å². The van der Waals surface area contributed by atoms with Gasteiger partial charge in [-0.3, -0.25) is 4.79 Å². The van der Waals surface area contributed by atoms with Gasteiger partial charge in [-0.25, -0.2) is 4.79 Å². The Kier molecular flexibility index (Phi) is 13.5. The van der Waals surface area contributed by atoms with Gasteiger partial charge in [-0.05, 0) is 163 Å². The molecule has 0 fully saturated rings. The van der Waals surface area contributed by atoms with Crippen molar-refractivity contribution in [2.45, 2.75) is 47.5 Å². The van der Waals surface area contributed by atoms with Crippen LogP contribution in [-0.2, 0) is 17.6 Å². The first-order valence-corrected chi connectivity index (χ1v) is 20.6. The van der Waals surface area contributed by atoms with Gasteiger partial charge in [0.2, 0.25) is 0 Å². The van der Waals surface area contributed by atoms with Gasteiger partial charge in [-0.2, -0.15) is 0 Å². The van der Waals surface area contributed by atoms with Gasteiger partial charge in [-0.15, -0.1) is 0 Å². The Morgan fingerprint density at radius 3 is 1.42 bits per heavy atom. The zero-order valence-corrected chi connectivity index (χ0v) is 35.8. The highest BCUT2D eigenvalue weighted by atomic mass is 16.7. The number of ether oxygens (including phenoxy) is 5. The Balaban J connectivity index is 1.11. The van der Waals surface area contributed by atoms with Crippen LogP contribution in [0.1, 0.15) is 59.7 Å². The number of aryl methyl sites for hydroxylation is 4. The third-order valence-electron chi connectivity index (χ3n) is 10.3. The molecule has 0 radical (unpaired) electrons. The number of hydrogen-bond donors (Lipinski definition) is 0. The molecule has 0 aliphatic heterocycles. The third-order valence-corrected chi connectivity index (χ3v) is 10.3. The van der Waals surface area contributed by atoms with E-state index in [2.05, 4.69) is 105 Å². The number of carbonyl (C=O) groups excluding carboxylic acids is 2. The van der Waals surface area contributed by atoms with Gasteiger partial charge in [0.15, 0.2) is 0 Å². The first-order chi connectivity index (χ1) is 30.1. The Labute approximate surface area is 363 Å². The van der Waals surface area contributed by atoms with Crippen molar-refractivity contribution >= 4 is 40.8 Å². The molecule has 62 heavy (non-hydrogen) atoms. The van der Waals surface area contributed by atoms with Gasteiger partial charge in [-0.1, -0.05) is 85.6 Å². The minimum atomic E-state index is -0.855. The second-order valence-corrected chi connectivity index (χ2v) is 14.8. The first kappa shape index (κ1) is 42.5. The molecule has 312 valence electrons. The van der Waals surface area contributed by atoms with Gasteiger partial charge in [0.05, 0.1) is 7.11 Å². The standard InChI is InChI=1S/C54H49NO7/c1-7-40-34-49(29-31-52(40)58-6)60-50-30-32-53(41(8-2)35-50)62-54(57)61-48-27-17-43(18-28-48)51(42-15-25-47(26-16-42)59-38(5)56)33-39-13-23-46(24-14-39)55(44-19-9-36(3)10-20-44)45-21-11-37(4)12-22-45/h9-35H,7-8H2,1-6H3/b51-33+. The van der Waals surface area contributed by atoms with Crippen LogP contribution in [0.15, 0.2) is 158 Å². The molecule has 0 spiro atoms. The summed E-state index contributed by atoms with van der Waals surface area (Å²) in [6, 6.07) is 51.1. The number of benzene rings is 7. The lowest BCUT2D eigenvalue weighted by molar-refractivity contribution is -0.131. The topological polar surface area (TPSA) is 83.5 Å². The number of nitrogens with zero attached hydrogens (tertiary/aromatic N) is 1. The lowest BCUT2D eigenvalue weighted by Gasteiger charge is -2.26. The number of hydrogen-bond acceptors (Lipinski definition) is 8. The van der Waals surface area contributed by atoms with Crippen LogP contribution >= 0.6 is 0 Å². The lowest BCUT2D eigenvalue weighted by atomic mass is 9.95. The van der Waals surface area contributed by atoms with Gasteiger partial charge in [0, 0.05) is 24.0 Å². The molecule has 0 saturated carbocycles. The summed E-state index contributed by atoms with van der Waals surface area (Å²) >= 11 is 0. The fraction of sp³-hybridized carbons (Fsp3) is 0.148. The minimum absolute atomic E-state index is 0.323. The molecule has 0 saturated heterocycles. The summed E-state index contributed by atoms with van der Waals surface area (Å²) in [5.74, 6) is 2.91. The number of methoxy groups -OCH3 is 1. The highest BCUT2D eigenvalue weighted by Gasteiger charge is 2.16. The van der Waals surface area contributed by atoms with E-state index in [0.717, 1.165) is 62.6 Å². The summed E-state index contributed by atoms with van der Waals surface area (Å²) in [7, 11) is 1.65. The molecule has 0 unspecified atom stereocenters. The van der Waals surface area contributed by atoms with E-state index in [0.29, 0.717) is 35.2 Å². The SMILES string of the molecule is CCc1cc(Oc2ccc(OC(=O)Oc3ccc(/C(=C/c4ccc(N(c5ccc(C)cc5)c5ccc(C)cc5)cc4)c4ccc(OC(C)=O)cc4)cc3)c(CC)c2)ccc1OC. The number of carbonyl (C=O) groups is 2. The predicted molar refractivity (Wildman–Crippen MR) is 247 cm³/mol. The van der Waals surface area contributed by atoms with Crippen LogP contribution in [0.25, 0.3) is 11.6 Å². The number of anilines is 3. The van der Waals surface area contributed by atoms with E-state index in [-0.39, 0.29) is 5.97 Å². The van der Waals surface area contributed by atoms with Crippen LogP contribution < -0.4 is 28.6 Å². The van der Waals surface area contributed by atoms with Gasteiger partial charge in [0.1, 0.15) is 34.5 Å². The van der Waals surface area contributed by atoms with Gasteiger partial charge >= 0.3 is 12.1 Å². The molecular formula is C54H49NO7. The average Bonchev–Trinajstić information content (AvgIpc) is 3.28. The molecule has 7 rings (SSSR count). The van der Waals surface area contributed by atoms with Crippen LogP contribution in [0.5, 0.6) is 34.5 Å². The van der Waals surface area contributed by atoms with Crippen LogP contribution in [0.4, 0.5) is 21.9 Å². The molecule has 0 amide bonds.